The Morgan fingerprint density at radius 3 is 2.71 bits per heavy atom. The molecule has 0 aliphatic heterocycles. The van der Waals surface area contributed by atoms with Crippen LogP contribution in [-0.2, 0) is 5.41 Å². The minimum Gasteiger partial charge on any atom is -0.492 e. The van der Waals surface area contributed by atoms with E-state index in [1.165, 1.54) is 0 Å². The van der Waals surface area contributed by atoms with Crippen LogP contribution in [0.5, 0.6) is 5.75 Å². The van der Waals surface area contributed by atoms with Gasteiger partial charge in [-0.05, 0) is 30.7 Å². The highest BCUT2D eigenvalue weighted by atomic mass is 35.5. The Morgan fingerprint density at radius 1 is 1.38 bits per heavy atom. The molecule has 2 aromatic rings. The van der Waals surface area contributed by atoms with E-state index in [1.807, 2.05) is 33.8 Å². The second-order valence-corrected chi connectivity index (χ2v) is 6.50. The molecule has 7 nitrogen and oxygen atoms in total. The van der Waals surface area contributed by atoms with Crippen molar-refractivity contribution in [1.29, 1.82) is 0 Å². The van der Waals surface area contributed by atoms with Gasteiger partial charge in [-0.25, -0.2) is 5.43 Å². The topological polar surface area (TPSA) is 92.3 Å². The average Bonchev–Trinajstić information content (AvgIpc) is 2.49. The van der Waals surface area contributed by atoms with Crippen LogP contribution in [0.3, 0.4) is 0 Å². The third-order valence-corrected chi connectivity index (χ3v) is 3.34. The Hall–Kier alpha value is -2.41. The molecule has 0 unspecified atom stereocenters. The Labute approximate surface area is 145 Å². The molecule has 1 aromatic carbocycles. The van der Waals surface area contributed by atoms with E-state index in [1.54, 1.807) is 18.3 Å². The lowest BCUT2D eigenvalue weighted by Gasteiger charge is -2.15. The summed E-state index contributed by atoms with van der Waals surface area (Å²) >= 11 is 6.11. The van der Waals surface area contributed by atoms with E-state index in [-0.39, 0.29) is 16.9 Å². The van der Waals surface area contributed by atoms with Gasteiger partial charge >= 0.3 is 0 Å². The highest BCUT2D eigenvalue weighted by Gasteiger charge is 2.20. The van der Waals surface area contributed by atoms with Crippen molar-refractivity contribution >= 4 is 23.8 Å². The van der Waals surface area contributed by atoms with E-state index in [2.05, 4.69) is 25.7 Å². The highest BCUT2D eigenvalue weighted by Crippen LogP contribution is 2.24. The fourth-order valence-electron chi connectivity index (χ4n) is 1.92. The molecule has 8 heteroatoms. The fourth-order valence-corrected chi connectivity index (χ4v) is 2.16. The van der Waals surface area contributed by atoms with Gasteiger partial charge in [0.15, 0.2) is 0 Å². The Morgan fingerprint density at radius 2 is 2.12 bits per heavy atom. The lowest BCUT2D eigenvalue weighted by atomic mass is 9.93. The number of H-pyrrole nitrogens is 1. The predicted molar refractivity (Wildman–Crippen MR) is 95.2 cm³/mol. The molecule has 24 heavy (non-hydrogen) atoms. The molecule has 1 aromatic heterocycles. The van der Waals surface area contributed by atoms with Crippen LogP contribution in [-0.4, -0.2) is 28.0 Å². The maximum Gasteiger partial charge on any atom is 0.274 e. The van der Waals surface area contributed by atoms with Gasteiger partial charge in [0, 0.05) is 5.41 Å². The number of benzene rings is 1. The number of aromatic nitrogens is 3. The first-order valence-electron chi connectivity index (χ1n) is 7.50. The van der Waals surface area contributed by atoms with E-state index >= 15 is 0 Å². The number of nitrogens with one attached hydrogen (secondary N) is 2. The molecule has 0 amide bonds. The van der Waals surface area contributed by atoms with Crippen LogP contribution in [0.4, 0.5) is 5.95 Å². The van der Waals surface area contributed by atoms with Crippen molar-refractivity contribution < 1.29 is 4.74 Å². The van der Waals surface area contributed by atoms with Gasteiger partial charge in [-0.15, -0.1) is 10.2 Å². The van der Waals surface area contributed by atoms with E-state index in [0.717, 1.165) is 5.56 Å². The first kappa shape index (κ1) is 17.9. The molecular formula is C16H20ClN5O2. The van der Waals surface area contributed by atoms with E-state index < -0.39 is 0 Å². The monoisotopic (exact) mass is 349 g/mol. The number of hydrazone groups is 1. The van der Waals surface area contributed by atoms with Gasteiger partial charge < -0.3 is 4.74 Å². The number of halogens is 1. The zero-order chi connectivity index (χ0) is 17.7. The zero-order valence-electron chi connectivity index (χ0n) is 14.1. The van der Waals surface area contributed by atoms with Crippen LogP contribution < -0.4 is 15.7 Å². The van der Waals surface area contributed by atoms with Crippen molar-refractivity contribution in [3.8, 4) is 5.75 Å². The Balaban J connectivity index is 2.08. The number of rotatable bonds is 5. The maximum atomic E-state index is 12.0. The van der Waals surface area contributed by atoms with Crippen LogP contribution in [0.15, 0.2) is 28.1 Å². The van der Waals surface area contributed by atoms with Crippen LogP contribution in [0, 0.1) is 0 Å². The quantitative estimate of drug-likeness (QED) is 0.639. The van der Waals surface area contributed by atoms with Crippen molar-refractivity contribution in [3.63, 3.8) is 0 Å². The smallest absolute Gasteiger partial charge is 0.274 e. The number of anilines is 1. The first-order chi connectivity index (χ1) is 11.3. The van der Waals surface area contributed by atoms with E-state index in [4.69, 9.17) is 16.3 Å². The number of hydrogen-bond acceptors (Lipinski definition) is 6. The molecule has 0 atom stereocenters. The molecule has 0 saturated heterocycles. The average molecular weight is 350 g/mol. The summed E-state index contributed by atoms with van der Waals surface area (Å²) in [5, 5.41) is 12.4. The maximum absolute atomic E-state index is 12.0. The van der Waals surface area contributed by atoms with Gasteiger partial charge in [-0.1, -0.05) is 32.4 Å². The normalized spacial score (nSPS) is 11.7. The van der Waals surface area contributed by atoms with Crippen molar-refractivity contribution in [3.05, 3.63) is 44.8 Å². The summed E-state index contributed by atoms with van der Waals surface area (Å²) in [6.45, 7) is 8.13. The lowest BCUT2D eigenvalue weighted by molar-refractivity contribution is 0.340. The van der Waals surface area contributed by atoms with Crippen molar-refractivity contribution in [2.45, 2.75) is 33.1 Å². The summed E-state index contributed by atoms with van der Waals surface area (Å²) in [7, 11) is 0. The van der Waals surface area contributed by atoms with Crippen LogP contribution in [0.2, 0.25) is 5.02 Å². The SMILES string of the molecule is CCOc1ccc(/C=N/Nc2nnc(C(C)(C)C)c(=O)[nH]2)cc1Cl. The molecule has 1 heterocycles. The van der Waals surface area contributed by atoms with Gasteiger partial charge in [-0.2, -0.15) is 5.10 Å². The summed E-state index contributed by atoms with van der Waals surface area (Å²) in [4.78, 5) is 14.6. The standard InChI is InChI=1S/C16H20ClN5O2/c1-5-24-12-7-6-10(8-11(12)17)9-18-21-15-19-14(23)13(20-22-15)16(2,3)4/h6-9H,5H2,1-4H3,(H2,19,21,22,23)/b18-9+. The van der Waals surface area contributed by atoms with Gasteiger partial charge in [0.1, 0.15) is 11.4 Å². The summed E-state index contributed by atoms with van der Waals surface area (Å²) in [6, 6.07) is 5.32. The van der Waals surface area contributed by atoms with Gasteiger partial charge in [0.25, 0.3) is 5.56 Å². The molecule has 128 valence electrons. The molecular weight excluding hydrogens is 330 g/mol. The van der Waals surface area contributed by atoms with Gasteiger partial charge in [0.05, 0.1) is 17.8 Å². The summed E-state index contributed by atoms with van der Waals surface area (Å²) in [6.07, 6.45) is 1.55. The fraction of sp³-hybridized carbons (Fsp3) is 0.375. The minimum atomic E-state index is -0.374. The Kier molecular flexibility index (Phi) is 5.56. The first-order valence-corrected chi connectivity index (χ1v) is 7.88. The lowest BCUT2D eigenvalue weighted by Crippen LogP contribution is -2.28. The summed E-state index contributed by atoms with van der Waals surface area (Å²) in [5.41, 5.74) is 3.12. The van der Waals surface area contributed by atoms with Crippen molar-refractivity contribution in [2.24, 2.45) is 5.10 Å². The second kappa shape index (κ2) is 7.44. The largest absolute Gasteiger partial charge is 0.492 e. The van der Waals surface area contributed by atoms with Crippen LogP contribution in [0.1, 0.15) is 39.0 Å². The Bertz CT molecular complexity index is 796. The second-order valence-electron chi connectivity index (χ2n) is 6.09. The van der Waals surface area contributed by atoms with Crippen LogP contribution in [0.25, 0.3) is 0 Å². The number of ether oxygens (including phenoxy) is 1. The van der Waals surface area contributed by atoms with Gasteiger partial charge in [0.2, 0.25) is 5.95 Å². The number of aromatic amines is 1. The molecule has 0 bridgehead atoms. The minimum absolute atomic E-state index is 0.168. The molecule has 2 N–H and O–H groups in total. The molecule has 0 aliphatic rings. The third-order valence-electron chi connectivity index (χ3n) is 3.05. The van der Waals surface area contributed by atoms with E-state index in [9.17, 15) is 4.79 Å². The van der Waals surface area contributed by atoms with Gasteiger partial charge in [-0.3, -0.25) is 9.78 Å². The predicted octanol–water partition coefficient (Wildman–Crippen LogP) is 2.96. The van der Waals surface area contributed by atoms with Crippen LogP contribution >= 0.6 is 11.6 Å². The molecule has 0 spiro atoms. The summed E-state index contributed by atoms with van der Waals surface area (Å²) < 4.78 is 5.37. The number of nitrogens with zero attached hydrogens (tertiary/aromatic N) is 3. The summed E-state index contributed by atoms with van der Waals surface area (Å²) in [5.74, 6) is 0.790. The van der Waals surface area contributed by atoms with Crippen molar-refractivity contribution in [1.82, 2.24) is 15.2 Å². The molecule has 0 radical (unpaired) electrons. The molecule has 0 saturated carbocycles. The third kappa shape index (κ3) is 4.55. The zero-order valence-corrected chi connectivity index (χ0v) is 14.8. The molecule has 0 aliphatic carbocycles. The molecule has 0 fully saturated rings. The highest BCUT2D eigenvalue weighted by molar-refractivity contribution is 6.32. The molecule has 2 rings (SSSR count). The van der Waals surface area contributed by atoms with Crippen molar-refractivity contribution in [2.75, 3.05) is 12.0 Å². The number of hydrogen-bond donors (Lipinski definition) is 2. The van der Waals surface area contributed by atoms with E-state index in [0.29, 0.717) is 23.1 Å².